The van der Waals surface area contributed by atoms with E-state index in [1.54, 1.807) is 0 Å². The zero-order valence-electron chi connectivity index (χ0n) is 10.8. The SMILES string of the molecule is CCCc1c(NC)ncnc1NCC(O)CC. The quantitative estimate of drug-likeness (QED) is 0.674. The highest BCUT2D eigenvalue weighted by Gasteiger charge is 2.10. The van der Waals surface area contributed by atoms with E-state index in [0.717, 1.165) is 36.5 Å². The fraction of sp³-hybridized carbons (Fsp3) is 0.667. The number of nitrogens with zero attached hydrogens (tertiary/aromatic N) is 2. The number of aliphatic hydroxyl groups excluding tert-OH is 1. The summed E-state index contributed by atoms with van der Waals surface area (Å²) in [6, 6.07) is 0. The van der Waals surface area contributed by atoms with E-state index >= 15 is 0 Å². The van der Waals surface area contributed by atoms with Gasteiger partial charge in [0.1, 0.15) is 18.0 Å². The monoisotopic (exact) mass is 238 g/mol. The first-order valence-electron chi connectivity index (χ1n) is 6.16. The molecule has 0 saturated carbocycles. The van der Waals surface area contributed by atoms with E-state index < -0.39 is 0 Å². The van der Waals surface area contributed by atoms with Crippen molar-refractivity contribution in [2.24, 2.45) is 0 Å². The third-order valence-electron chi connectivity index (χ3n) is 2.66. The highest BCUT2D eigenvalue weighted by Crippen LogP contribution is 2.21. The maximum Gasteiger partial charge on any atom is 0.134 e. The Balaban J connectivity index is 2.82. The van der Waals surface area contributed by atoms with Crippen LogP contribution in [-0.4, -0.2) is 34.8 Å². The molecule has 5 nitrogen and oxygen atoms in total. The molecule has 1 heterocycles. The van der Waals surface area contributed by atoms with Gasteiger partial charge in [0.2, 0.25) is 0 Å². The maximum absolute atomic E-state index is 9.54. The average molecular weight is 238 g/mol. The lowest BCUT2D eigenvalue weighted by molar-refractivity contribution is 0.183. The zero-order chi connectivity index (χ0) is 12.7. The molecule has 1 aromatic rings. The van der Waals surface area contributed by atoms with Gasteiger partial charge in [-0.3, -0.25) is 0 Å². The number of anilines is 2. The highest BCUT2D eigenvalue weighted by atomic mass is 16.3. The molecule has 96 valence electrons. The fourth-order valence-corrected chi connectivity index (χ4v) is 1.63. The Bertz CT molecular complexity index is 343. The predicted molar refractivity (Wildman–Crippen MR) is 70.4 cm³/mol. The van der Waals surface area contributed by atoms with Crippen LogP contribution in [0.5, 0.6) is 0 Å². The number of aromatic nitrogens is 2. The van der Waals surface area contributed by atoms with Gasteiger partial charge in [-0.2, -0.15) is 0 Å². The lowest BCUT2D eigenvalue weighted by Gasteiger charge is -2.15. The summed E-state index contributed by atoms with van der Waals surface area (Å²) in [6.07, 6.45) is 3.89. The van der Waals surface area contributed by atoms with E-state index in [1.807, 2.05) is 14.0 Å². The van der Waals surface area contributed by atoms with Gasteiger partial charge in [0, 0.05) is 19.2 Å². The van der Waals surface area contributed by atoms with Crippen LogP contribution in [0.4, 0.5) is 11.6 Å². The van der Waals surface area contributed by atoms with Gasteiger partial charge in [-0.25, -0.2) is 9.97 Å². The van der Waals surface area contributed by atoms with Crippen LogP contribution >= 0.6 is 0 Å². The Kier molecular flexibility index (Phi) is 5.69. The molecule has 1 atom stereocenters. The van der Waals surface area contributed by atoms with E-state index in [1.165, 1.54) is 6.33 Å². The molecular formula is C12H22N4O. The van der Waals surface area contributed by atoms with Gasteiger partial charge in [0.05, 0.1) is 6.10 Å². The molecule has 0 fully saturated rings. The van der Waals surface area contributed by atoms with Crippen molar-refractivity contribution in [1.29, 1.82) is 0 Å². The van der Waals surface area contributed by atoms with Crippen molar-refractivity contribution in [1.82, 2.24) is 9.97 Å². The summed E-state index contributed by atoms with van der Waals surface area (Å²) < 4.78 is 0. The van der Waals surface area contributed by atoms with Gasteiger partial charge in [-0.05, 0) is 12.8 Å². The topological polar surface area (TPSA) is 70.1 Å². The molecular weight excluding hydrogens is 216 g/mol. The lowest BCUT2D eigenvalue weighted by Crippen LogP contribution is -2.20. The van der Waals surface area contributed by atoms with Crippen molar-refractivity contribution in [3.63, 3.8) is 0 Å². The van der Waals surface area contributed by atoms with E-state index in [0.29, 0.717) is 6.54 Å². The molecule has 0 radical (unpaired) electrons. The van der Waals surface area contributed by atoms with Crippen LogP contribution in [0.15, 0.2) is 6.33 Å². The summed E-state index contributed by atoms with van der Waals surface area (Å²) in [5.74, 6) is 1.68. The van der Waals surface area contributed by atoms with E-state index in [2.05, 4.69) is 27.5 Å². The minimum Gasteiger partial charge on any atom is -0.391 e. The van der Waals surface area contributed by atoms with Crippen LogP contribution in [0.3, 0.4) is 0 Å². The van der Waals surface area contributed by atoms with Crippen molar-refractivity contribution < 1.29 is 5.11 Å². The Morgan fingerprint density at radius 3 is 2.59 bits per heavy atom. The van der Waals surface area contributed by atoms with Crippen LogP contribution in [-0.2, 0) is 6.42 Å². The molecule has 0 aliphatic carbocycles. The number of hydrogen-bond acceptors (Lipinski definition) is 5. The summed E-state index contributed by atoms with van der Waals surface area (Å²) in [4.78, 5) is 8.44. The molecule has 0 spiro atoms. The van der Waals surface area contributed by atoms with Crippen LogP contribution in [0, 0.1) is 0 Å². The number of nitrogens with one attached hydrogen (secondary N) is 2. The second-order valence-electron chi connectivity index (χ2n) is 3.99. The second-order valence-corrected chi connectivity index (χ2v) is 3.99. The zero-order valence-corrected chi connectivity index (χ0v) is 10.8. The van der Waals surface area contributed by atoms with Crippen LogP contribution in [0.1, 0.15) is 32.3 Å². The number of aliphatic hydroxyl groups is 1. The molecule has 0 aliphatic heterocycles. The summed E-state index contributed by atoms with van der Waals surface area (Å²) in [7, 11) is 1.85. The van der Waals surface area contributed by atoms with Gasteiger partial charge in [0.15, 0.2) is 0 Å². The Hall–Kier alpha value is -1.36. The second kappa shape index (κ2) is 7.06. The first-order chi connectivity index (χ1) is 8.22. The molecule has 1 unspecified atom stereocenters. The Morgan fingerprint density at radius 2 is 2.00 bits per heavy atom. The summed E-state index contributed by atoms with van der Waals surface area (Å²) in [5, 5.41) is 15.8. The van der Waals surface area contributed by atoms with E-state index in [4.69, 9.17) is 0 Å². The normalized spacial score (nSPS) is 12.2. The first-order valence-corrected chi connectivity index (χ1v) is 6.16. The van der Waals surface area contributed by atoms with Gasteiger partial charge in [0.25, 0.3) is 0 Å². The fourth-order valence-electron chi connectivity index (χ4n) is 1.63. The number of hydrogen-bond donors (Lipinski definition) is 3. The minimum atomic E-state index is -0.336. The van der Waals surface area contributed by atoms with E-state index in [9.17, 15) is 5.11 Å². The summed E-state index contributed by atoms with van der Waals surface area (Å²) in [5.41, 5.74) is 1.08. The van der Waals surface area contributed by atoms with Crippen molar-refractivity contribution in [3.05, 3.63) is 11.9 Å². The molecule has 1 rings (SSSR count). The molecule has 17 heavy (non-hydrogen) atoms. The smallest absolute Gasteiger partial charge is 0.134 e. The predicted octanol–water partition coefficient (Wildman–Crippen LogP) is 1.65. The molecule has 0 bridgehead atoms. The van der Waals surface area contributed by atoms with Crippen molar-refractivity contribution >= 4 is 11.6 Å². The summed E-state index contributed by atoms with van der Waals surface area (Å²) >= 11 is 0. The van der Waals surface area contributed by atoms with Gasteiger partial charge in [-0.1, -0.05) is 20.3 Å². The van der Waals surface area contributed by atoms with Gasteiger partial charge < -0.3 is 15.7 Å². The van der Waals surface area contributed by atoms with Crippen molar-refractivity contribution in [2.45, 2.75) is 39.2 Å². The third-order valence-corrected chi connectivity index (χ3v) is 2.66. The largest absolute Gasteiger partial charge is 0.391 e. The molecule has 0 aliphatic rings. The average Bonchev–Trinajstić information content (AvgIpc) is 2.37. The molecule has 0 amide bonds. The van der Waals surface area contributed by atoms with Gasteiger partial charge in [-0.15, -0.1) is 0 Å². The third kappa shape index (κ3) is 3.85. The lowest BCUT2D eigenvalue weighted by atomic mass is 10.1. The van der Waals surface area contributed by atoms with E-state index in [-0.39, 0.29) is 6.10 Å². The Labute approximate surface area is 103 Å². The Morgan fingerprint density at radius 1 is 1.29 bits per heavy atom. The standard InChI is InChI=1S/C12H22N4O/c1-4-6-10-11(13-3)15-8-16-12(10)14-7-9(17)5-2/h8-9,17H,4-7H2,1-3H3,(H2,13,14,15,16). The molecule has 0 aromatic carbocycles. The minimum absolute atomic E-state index is 0.336. The van der Waals surface area contributed by atoms with Crippen LogP contribution in [0.25, 0.3) is 0 Å². The molecule has 0 saturated heterocycles. The highest BCUT2D eigenvalue weighted by molar-refractivity contribution is 5.57. The van der Waals surface area contributed by atoms with Crippen molar-refractivity contribution in [3.8, 4) is 0 Å². The first kappa shape index (κ1) is 13.7. The van der Waals surface area contributed by atoms with Crippen LogP contribution in [0.2, 0.25) is 0 Å². The van der Waals surface area contributed by atoms with Gasteiger partial charge >= 0.3 is 0 Å². The maximum atomic E-state index is 9.54. The van der Waals surface area contributed by atoms with Crippen molar-refractivity contribution in [2.75, 3.05) is 24.2 Å². The number of rotatable bonds is 7. The molecule has 1 aromatic heterocycles. The molecule has 3 N–H and O–H groups in total. The molecule has 5 heteroatoms. The van der Waals surface area contributed by atoms with Crippen LogP contribution < -0.4 is 10.6 Å². The summed E-state index contributed by atoms with van der Waals surface area (Å²) in [6.45, 7) is 4.60.